The summed E-state index contributed by atoms with van der Waals surface area (Å²) in [6.45, 7) is 2.16. The van der Waals surface area contributed by atoms with Gasteiger partial charge in [-0.15, -0.1) is 0 Å². The molecule has 0 aliphatic rings. The number of nitrogens with two attached hydrogens (primary N) is 1. The summed E-state index contributed by atoms with van der Waals surface area (Å²) in [5.41, 5.74) is 9.13. The van der Waals surface area contributed by atoms with Gasteiger partial charge in [0.2, 0.25) is 0 Å². The second-order valence-corrected chi connectivity index (χ2v) is 7.39. The third-order valence-corrected chi connectivity index (χ3v) is 5.19. The van der Waals surface area contributed by atoms with E-state index in [0.29, 0.717) is 24.7 Å². The third kappa shape index (κ3) is 4.20. The van der Waals surface area contributed by atoms with Gasteiger partial charge in [-0.05, 0) is 49.2 Å². The van der Waals surface area contributed by atoms with Gasteiger partial charge >= 0.3 is 0 Å². The first kappa shape index (κ1) is 20.7. The minimum Gasteiger partial charge on any atom is -0.497 e. The summed E-state index contributed by atoms with van der Waals surface area (Å²) in [5.74, 6) is 3.30. The number of methoxy groups -OCH3 is 2. The van der Waals surface area contributed by atoms with Crippen LogP contribution in [0.3, 0.4) is 0 Å². The highest BCUT2D eigenvalue weighted by Crippen LogP contribution is 2.38. The topological polar surface area (TPSA) is 97.6 Å². The number of fused-ring (bicyclic) bond motifs is 1. The standard InChI is InChI=1S/C23H26N4O4/c1-14-25-23(31-26-14)19-12-18-20(9-10-21(29-4)22(18)27(19)2)30-13-16(24)11-15-5-7-17(28-3)8-6-15/h5-10,12,16H,11,13,24H2,1-4H3/t16-/m0/s1. The number of aryl methyl sites for hydroxylation is 2. The van der Waals surface area contributed by atoms with Crippen LogP contribution in [0.4, 0.5) is 0 Å². The Morgan fingerprint density at radius 3 is 2.45 bits per heavy atom. The van der Waals surface area contributed by atoms with Crippen molar-refractivity contribution in [1.29, 1.82) is 0 Å². The van der Waals surface area contributed by atoms with Crippen LogP contribution in [0.5, 0.6) is 17.2 Å². The zero-order valence-electron chi connectivity index (χ0n) is 18.1. The SMILES string of the molecule is COc1ccc(C[C@H](N)COc2ccc(OC)c3c2cc(-c2nc(C)no2)n3C)cc1. The molecule has 0 spiro atoms. The Kier molecular flexibility index (Phi) is 5.81. The maximum Gasteiger partial charge on any atom is 0.274 e. The van der Waals surface area contributed by atoms with Crippen molar-refractivity contribution in [2.75, 3.05) is 20.8 Å². The molecule has 0 saturated carbocycles. The molecule has 2 N–H and O–H groups in total. The van der Waals surface area contributed by atoms with Gasteiger partial charge in [0.1, 0.15) is 29.5 Å². The van der Waals surface area contributed by atoms with Crippen molar-refractivity contribution in [1.82, 2.24) is 14.7 Å². The molecule has 0 amide bonds. The van der Waals surface area contributed by atoms with Crippen molar-refractivity contribution < 1.29 is 18.7 Å². The van der Waals surface area contributed by atoms with E-state index in [9.17, 15) is 0 Å². The molecule has 0 bridgehead atoms. The molecule has 8 heteroatoms. The lowest BCUT2D eigenvalue weighted by Gasteiger charge is -2.15. The van der Waals surface area contributed by atoms with Crippen LogP contribution in [0.25, 0.3) is 22.5 Å². The van der Waals surface area contributed by atoms with Crippen molar-refractivity contribution in [3.05, 3.63) is 53.9 Å². The van der Waals surface area contributed by atoms with Gasteiger partial charge in [-0.3, -0.25) is 0 Å². The summed E-state index contributed by atoms with van der Waals surface area (Å²) in [4.78, 5) is 4.35. The smallest absolute Gasteiger partial charge is 0.274 e. The zero-order chi connectivity index (χ0) is 22.0. The Morgan fingerprint density at radius 1 is 1.06 bits per heavy atom. The van der Waals surface area contributed by atoms with E-state index in [4.69, 9.17) is 24.5 Å². The second kappa shape index (κ2) is 8.69. The van der Waals surface area contributed by atoms with Crippen LogP contribution >= 0.6 is 0 Å². The highest BCUT2D eigenvalue weighted by Gasteiger charge is 2.19. The molecular formula is C23H26N4O4. The molecule has 0 unspecified atom stereocenters. The first-order valence-corrected chi connectivity index (χ1v) is 9.98. The van der Waals surface area contributed by atoms with Crippen molar-refractivity contribution >= 4 is 10.9 Å². The first-order valence-electron chi connectivity index (χ1n) is 9.98. The number of hydrogen-bond donors (Lipinski definition) is 1. The minimum atomic E-state index is -0.160. The van der Waals surface area contributed by atoms with Crippen LogP contribution < -0.4 is 19.9 Å². The average molecular weight is 422 g/mol. The molecule has 162 valence electrons. The van der Waals surface area contributed by atoms with Crippen molar-refractivity contribution in [2.45, 2.75) is 19.4 Å². The summed E-state index contributed by atoms with van der Waals surface area (Å²) in [6.07, 6.45) is 0.699. The van der Waals surface area contributed by atoms with Gasteiger partial charge in [-0.1, -0.05) is 17.3 Å². The summed E-state index contributed by atoms with van der Waals surface area (Å²) in [7, 11) is 5.22. The van der Waals surface area contributed by atoms with Gasteiger partial charge in [0.05, 0.1) is 19.7 Å². The molecule has 2 aromatic carbocycles. The van der Waals surface area contributed by atoms with E-state index in [1.807, 2.05) is 54.1 Å². The predicted octanol–water partition coefficient (Wildman–Crippen LogP) is 3.50. The molecule has 4 rings (SSSR count). The Hall–Kier alpha value is -3.52. The Bertz CT molecular complexity index is 1180. The predicted molar refractivity (Wildman–Crippen MR) is 118 cm³/mol. The molecule has 0 fully saturated rings. The number of nitrogens with zero attached hydrogens (tertiary/aromatic N) is 3. The fourth-order valence-corrected chi connectivity index (χ4v) is 3.63. The van der Waals surface area contributed by atoms with E-state index in [2.05, 4.69) is 10.1 Å². The average Bonchev–Trinajstić information content (AvgIpc) is 3.36. The fourth-order valence-electron chi connectivity index (χ4n) is 3.63. The molecule has 0 saturated heterocycles. The molecule has 2 heterocycles. The van der Waals surface area contributed by atoms with Crippen molar-refractivity contribution in [3.8, 4) is 28.8 Å². The molecule has 0 aliphatic heterocycles. The van der Waals surface area contributed by atoms with Gasteiger partial charge in [0.25, 0.3) is 5.89 Å². The maximum atomic E-state index is 6.33. The van der Waals surface area contributed by atoms with E-state index in [-0.39, 0.29) is 6.04 Å². The number of ether oxygens (including phenoxy) is 3. The summed E-state index contributed by atoms with van der Waals surface area (Å²) in [6, 6.07) is 13.5. The Balaban J connectivity index is 1.57. The highest BCUT2D eigenvalue weighted by atomic mass is 16.5. The zero-order valence-corrected chi connectivity index (χ0v) is 18.1. The molecule has 2 aromatic heterocycles. The van der Waals surface area contributed by atoms with Gasteiger partial charge in [-0.25, -0.2) is 0 Å². The highest BCUT2D eigenvalue weighted by molar-refractivity contribution is 5.95. The first-order chi connectivity index (χ1) is 15.0. The quantitative estimate of drug-likeness (QED) is 0.464. The normalized spacial score (nSPS) is 12.2. The maximum absolute atomic E-state index is 6.33. The molecule has 0 radical (unpaired) electrons. The van der Waals surface area contributed by atoms with Crippen LogP contribution in [-0.4, -0.2) is 41.6 Å². The third-order valence-electron chi connectivity index (χ3n) is 5.19. The Labute approximate surface area is 180 Å². The number of hydrogen-bond acceptors (Lipinski definition) is 7. The summed E-state index contributed by atoms with van der Waals surface area (Å²) < 4.78 is 24.2. The van der Waals surface area contributed by atoms with Gasteiger partial charge in [0, 0.05) is 18.5 Å². The largest absolute Gasteiger partial charge is 0.497 e. The minimum absolute atomic E-state index is 0.160. The van der Waals surface area contributed by atoms with Crippen LogP contribution in [0, 0.1) is 6.92 Å². The van der Waals surface area contributed by atoms with E-state index in [1.54, 1.807) is 21.1 Å². The second-order valence-electron chi connectivity index (χ2n) is 7.39. The molecule has 31 heavy (non-hydrogen) atoms. The van der Waals surface area contributed by atoms with Crippen LogP contribution in [0.15, 0.2) is 47.0 Å². The molecule has 1 atom stereocenters. The lowest BCUT2D eigenvalue weighted by atomic mass is 10.1. The van der Waals surface area contributed by atoms with Crippen molar-refractivity contribution in [2.24, 2.45) is 12.8 Å². The summed E-state index contributed by atoms with van der Waals surface area (Å²) >= 11 is 0. The number of benzene rings is 2. The van der Waals surface area contributed by atoms with Crippen LogP contribution in [0.2, 0.25) is 0 Å². The van der Waals surface area contributed by atoms with E-state index < -0.39 is 0 Å². The summed E-state index contributed by atoms with van der Waals surface area (Å²) in [5, 5.41) is 4.79. The molecule has 0 aliphatic carbocycles. The lowest BCUT2D eigenvalue weighted by molar-refractivity contribution is 0.290. The van der Waals surface area contributed by atoms with E-state index in [0.717, 1.165) is 39.4 Å². The van der Waals surface area contributed by atoms with Crippen LogP contribution in [-0.2, 0) is 13.5 Å². The lowest BCUT2D eigenvalue weighted by Crippen LogP contribution is -2.30. The number of aromatic nitrogens is 3. The van der Waals surface area contributed by atoms with Crippen molar-refractivity contribution in [3.63, 3.8) is 0 Å². The monoisotopic (exact) mass is 422 g/mol. The Morgan fingerprint density at radius 2 is 1.81 bits per heavy atom. The van der Waals surface area contributed by atoms with E-state index >= 15 is 0 Å². The van der Waals surface area contributed by atoms with Gasteiger partial charge in [0.15, 0.2) is 5.82 Å². The van der Waals surface area contributed by atoms with Gasteiger partial charge in [-0.2, -0.15) is 4.98 Å². The molecule has 4 aromatic rings. The molecular weight excluding hydrogens is 396 g/mol. The van der Waals surface area contributed by atoms with E-state index in [1.165, 1.54) is 0 Å². The fraction of sp³-hybridized carbons (Fsp3) is 0.304. The van der Waals surface area contributed by atoms with Gasteiger partial charge < -0.3 is 29.0 Å². The van der Waals surface area contributed by atoms with Crippen LogP contribution in [0.1, 0.15) is 11.4 Å². The molecule has 8 nitrogen and oxygen atoms in total. The number of rotatable bonds is 8.